The van der Waals surface area contributed by atoms with Gasteiger partial charge in [-0.3, -0.25) is 0 Å². The molecule has 0 amide bonds. The maximum absolute atomic E-state index is 5.77. The highest BCUT2D eigenvalue weighted by atomic mass is 16.5. The fourth-order valence-corrected chi connectivity index (χ4v) is 2.36. The fourth-order valence-electron chi connectivity index (χ4n) is 2.36. The van der Waals surface area contributed by atoms with E-state index in [4.69, 9.17) is 9.47 Å². The summed E-state index contributed by atoms with van der Waals surface area (Å²) in [6, 6.07) is 16.5. The molecule has 0 bridgehead atoms. The molecule has 0 aliphatic rings. The lowest BCUT2D eigenvalue weighted by atomic mass is 9.98. The van der Waals surface area contributed by atoms with E-state index in [1.807, 2.05) is 45.2 Å². The second kappa shape index (κ2) is 7.14. The molecule has 2 aromatic carbocycles. The Labute approximate surface area is 126 Å². The predicted molar refractivity (Wildman–Crippen MR) is 86.1 cm³/mol. The van der Waals surface area contributed by atoms with Crippen LogP contribution in [-0.4, -0.2) is 20.3 Å². The second-order valence-corrected chi connectivity index (χ2v) is 5.23. The zero-order valence-corrected chi connectivity index (χ0v) is 13.1. The first-order valence-electron chi connectivity index (χ1n) is 7.22. The summed E-state index contributed by atoms with van der Waals surface area (Å²) in [4.78, 5) is 0. The first kappa shape index (κ1) is 15.4. The quantitative estimate of drug-likeness (QED) is 0.876. The number of nitrogens with one attached hydrogen (secondary N) is 1. The lowest BCUT2D eigenvalue weighted by molar-refractivity contribution is 0.242. The molecule has 3 heteroatoms. The predicted octanol–water partition coefficient (Wildman–Crippen LogP) is 3.79. The standard InChI is InChI=1S/C18H23NO2/c1-13(2)21-17-7-5-6-15(12-17)18(19-3)14-8-10-16(20-4)11-9-14/h5-13,18-19H,1-4H3. The number of rotatable bonds is 6. The van der Waals surface area contributed by atoms with Crippen molar-refractivity contribution in [1.82, 2.24) is 5.32 Å². The normalized spacial score (nSPS) is 12.2. The summed E-state index contributed by atoms with van der Waals surface area (Å²) in [5, 5.41) is 3.36. The molecule has 3 nitrogen and oxygen atoms in total. The van der Waals surface area contributed by atoms with Crippen molar-refractivity contribution < 1.29 is 9.47 Å². The molecule has 0 aromatic heterocycles. The molecule has 0 heterocycles. The first-order valence-corrected chi connectivity index (χ1v) is 7.22. The van der Waals surface area contributed by atoms with Gasteiger partial charge in [0.05, 0.1) is 19.3 Å². The van der Waals surface area contributed by atoms with E-state index in [0.29, 0.717) is 0 Å². The van der Waals surface area contributed by atoms with Crippen molar-refractivity contribution >= 4 is 0 Å². The van der Waals surface area contributed by atoms with Crippen LogP contribution in [0.3, 0.4) is 0 Å². The van der Waals surface area contributed by atoms with E-state index in [1.165, 1.54) is 11.1 Å². The molecule has 1 unspecified atom stereocenters. The monoisotopic (exact) mass is 285 g/mol. The van der Waals surface area contributed by atoms with E-state index in [-0.39, 0.29) is 12.1 Å². The molecule has 0 fully saturated rings. The van der Waals surface area contributed by atoms with Gasteiger partial charge in [0, 0.05) is 0 Å². The molecule has 0 saturated heterocycles. The Balaban J connectivity index is 2.27. The topological polar surface area (TPSA) is 30.5 Å². The minimum atomic E-state index is 0.131. The molecule has 0 saturated carbocycles. The van der Waals surface area contributed by atoms with Crippen LogP contribution in [0.5, 0.6) is 11.5 Å². The van der Waals surface area contributed by atoms with Gasteiger partial charge >= 0.3 is 0 Å². The molecule has 1 atom stereocenters. The molecular weight excluding hydrogens is 262 g/mol. The molecule has 21 heavy (non-hydrogen) atoms. The minimum absolute atomic E-state index is 0.131. The van der Waals surface area contributed by atoms with Crippen LogP contribution in [0.15, 0.2) is 48.5 Å². The molecule has 0 aliphatic heterocycles. The van der Waals surface area contributed by atoms with Crippen LogP contribution in [0.4, 0.5) is 0 Å². The summed E-state index contributed by atoms with van der Waals surface area (Å²) >= 11 is 0. The second-order valence-electron chi connectivity index (χ2n) is 5.23. The van der Waals surface area contributed by atoms with Crippen molar-refractivity contribution in [2.24, 2.45) is 0 Å². The zero-order chi connectivity index (χ0) is 15.2. The maximum Gasteiger partial charge on any atom is 0.120 e. The van der Waals surface area contributed by atoms with Crippen LogP contribution in [-0.2, 0) is 0 Å². The Bertz CT molecular complexity index is 564. The molecule has 1 N–H and O–H groups in total. The maximum atomic E-state index is 5.77. The van der Waals surface area contributed by atoms with E-state index in [2.05, 4.69) is 29.6 Å². The summed E-state index contributed by atoms with van der Waals surface area (Å²) in [7, 11) is 3.64. The average Bonchev–Trinajstić information content (AvgIpc) is 2.48. The number of hydrogen-bond donors (Lipinski definition) is 1. The Morgan fingerprint density at radius 3 is 2.19 bits per heavy atom. The van der Waals surface area contributed by atoms with Crippen LogP contribution in [0.2, 0.25) is 0 Å². The van der Waals surface area contributed by atoms with Crippen molar-refractivity contribution in [1.29, 1.82) is 0 Å². The van der Waals surface area contributed by atoms with E-state index in [1.54, 1.807) is 7.11 Å². The number of benzene rings is 2. The highest BCUT2D eigenvalue weighted by Crippen LogP contribution is 2.26. The van der Waals surface area contributed by atoms with Gasteiger partial charge in [0.1, 0.15) is 11.5 Å². The third-order valence-electron chi connectivity index (χ3n) is 3.30. The first-order chi connectivity index (χ1) is 10.1. The van der Waals surface area contributed by atoms with Crippen LogP contribution in [0.25, 0.3) is 0 Å². The Morgan fingerprint density at radius 2 is 1.62 bits per heavy atom. The number of hydrogen-bond acceptors (Lipinski definition) is 3. The van der Waals surface area contributed by atoms with Gasteiger partial charge in [0.15, 0.2) is 0 Å². The lowest BCUT2D eigenvalue weighted by Gasteiger charge is -2.19. The summed E-state index contributed by atoms with van der Waals surface area (Å²) < 4.78 is 11.0. The van der Waals surface area contributed by atoms with E-state index in [9.17, 15) is 0 Å². The Hall–Kier alpha value is -2.00. The van der Waals surface area contributed by atoms with Crippen molar-refractivity contribution in [3.63, 3.8) is 0 Å². The Kier molecular flexibility index (Phi) is 5.23. The molecule has 2 aromatic rings. The van der Waals surface area contributed by atoms with Crippen LogP contribution in [0, 0.1) is 0 Å². The van der Waals surface area contributed by atoms with Crippen molar-refractivity contribution in [2.45, 2.75) is 26.0 Å². The van der Waals surface area contributed by atoms with Crippen LogP contribution in [0.1, 0.15) is 31.0 Å². The molecular formula is C18H23NO2. The van der Waals surface area contributed by atoms with Crippen molar-refractivity contribution in [3.8, 4) is 11.5 Å². The van der Waals surface area contributed by atoms with Gasteiger partial charge in [0.2, 0.25) is 0 Å². The SMILES string of the molecule is CNC(c1ccc(OC)cc1)c1cccc(OC(C)C)c1. The lowest BCUT2D eigenvalue weighted by Crippen LogP contribution is -2.17. The molecule has 112 valence electrons. The van der Waals surface area contributed by atoms with Crippen molar-refractivity contribution in [2.75, 3.05) is 14.2 Å². The van der Waals surface area contributed by atoms with Crippen LogP contribution < -0.4 is 14.8 Å². The largest absolute Gasteiger partial charge is 0.497 e. The fraction of sp³-hybridized carbons (Fsp3) is 0.333. The average molecular weight is 285 g/mol. The van der Waals surface area contributed by atoms with E-state index < -0.39 is 0 Å². The van der Waals surface area contributed by atoms with Gasteiger partial charge in [-0.05, 0) is 56.3 Å². The van der Waals surface area contributed by atoms with E-state index in [0.717, 1.165) is 11.5 Å². The number of methoxy groups -OCH3 is 1. The summed E-state index contributed by atoms with van der Waals surface area (Å²) in [5.74, 6) is 1.77. The van der Waals surface area contributed by atoms with Gasteiger partial charge in [0.25, 0.3) is 0 Å². The summed E-state index contributed by atoms with van der Waals surface area (Å²) in [6.45, 7) is 4.07. The third kappa shape index (κ3) is 3.99. The van der Waals surface area contributed by atoms with E-state index >= 15 is 0 Å². The third-order valence-corrected chi connectivity index (χ3v) is 3.30. The summed E-state index contributed by atoms with van der Waals surface area (Å²) in [5.41, 5.74) is 2.38. The highest BCUT2D eigenvalue weighted by molar-refractivity contribution is 5.38. The van der Waals surface area contributed by atoms with Gasteiger partial charge in [-0.15, -0.1) is 0 Å². The van der Waals surface area contributed by atoms with Gasteiger partial charge < -0.3 is 14.8 Å². The van der Waals surface area contributed by atoms with Gasteiger partial charge in [-0.1, -0.05) is 24.3 Å². The van der Waals surface area contributed by atoms with Gasteiger partial charge in [-0.25, -0.2) is 0 Å². The molecule has 0 radical (unpaired) electrons. The minimum Gasteiger partial charge on any atom is -0.497 e. The summed E-state index contributed by atoms with van der Waals surface area (Å²) in [6.07, 6.45) is 0.175. The van der Waals surface area contributed by atoms with Crippen LogP contribution >= 0.6 is 0 Å². The smallest absolute Gasteiger partial charge is 0.120 e. The van der Waals surface area contributed by atoms with Crippen molar-refractivity contribution in [3.05, 3.63) is 59.7 Å². The zero-order valence-electron chi connectivity index (χ0n) is 13.1. The molecule has 0 spiro atoms. The molecule has 2 rings (SSSR count). The Morgan fingerprint density at radius 1 is 0.905 bits per heavy atom. The number of ether oxygens (including phenoxy) is 2. The highest BCUT2D eigenvalue weighted by Gasteiger charge is 2.13. The molecule has 0 aliphatic carbocycles. The van der Waals surface area contributed by atoms with Gasteiger partial charge in [-0.2, -0.15) is 0 Å².